The maximum atomic E-state index is 4.29. The van der Waals surface area contributed by atoms with Crippen LogP contribution in [0.3, 0.4) is 0 Å². The van der Waals surface area contributed by atoms with Gasteiger partial charge in [-0.15, -0.1) is 11.8 Å². The summed E-state index contributed by atoms with van der Waals surface area (Å²) in [6, 6.07) is 11.4. The highest BCUT2D eigenvalue weighted by Crippen LogP contribution is 2.19. The molecule has 0 spiro atoms. The zero-order valence-corrected chi connectivity index (χ0v) is 13.9. The van der Waals surface area contributed by atoms with E-state index in [1.807, 2.05) is 13.0 Å². The number of aromatic nitrogens is 2. The molecular formula is C17H22N4S. The monoisotopic (exact) mass is 314 g/mol. The minimum absolute atomic E-state index is 0.472. The molecule has 0 aliphatic carbocycles. The summed E-state index contributed by atoms with van der Waals surface area (Å²) in [5.74, 6) is 0.934. The molecule has 1 aliphatic heterocycles. The Kier molecular flexibility index (Phi) is 4.95. The molecule has 1 aromatic carbocycles. The van der Waals surface area contributed by atoms with Crippen LogP contribution in [0.4, 0.5) is 5.82 Å². The quantitative estimate of drug-likeness (QED) is 0.858. The fourth-order valence-electron chi connectivity index (χ4n) is 2.83. The lowest BCUT2D eigenvalue weighted by atomic mass is 10.2. The molecule has 1 fully saturated rings. The standard InChI is InChI=1S/C17H22N4S/c1-13-9-17(19-12-18-13)20-15-7-8-21(11-15)10-14-3-5-16(22-2)6-4-14/h3-6,9,12,15H,7-8,10-11H2,1-2H3,(H,18,19,20). The van der Waals surface area contributed by atoms with Gasteiger partial charge in [0.15, 0.2) is 0 Å². The summed E-state index contributed by atoms with van der Waals surface area (Å²) in [6.07, 6.45) is 4.89. The molecule has 0 amide bonds. The van der Waals surface area contributed by atoms with Crippen molar-refractivity contribution in [2.45, 2.75) is 30.8 Å². The molecule has 3 rings (SSSR count). The van der Waals surface area contributed by atoms with Crippen molar-refractivity contribution in [3.63, 3.8) is 0 Å². The molecule has 1 unspecified atom stereocenters. The van der Waals surface area contributed by atoms with E-state index in [4.69, 9.17) is 0 Å². The molecule has 116 valence electrons. The second-order valence-electron chi connectivity index (χ2n) is 5.76. The lowest BCUT2D eigenvalue weighted by molar-refractivity contribution is 0.328. The summed E-state index contributed by atoms with van der Waals surface area (Å²) in [5, 5.41) is 3.52. The number of rotatable bonds is 5. The van der Waals surface area contributed by atoms with Gasteiger partial charge < -0.3 is 5.32 Å². The van der Waals surface area contributed by atoms with Gasteiger partial charge in [0.25, 0.3) is 0 Å². The van der Waals surface area contributed by atoms with E-state index in [9.17, 15) is 0 Å². The summed E-state index contributed by atoms with van der Waals surface area (Å²) < 4.78 is 0. The molecule has 0 saturated carbocycles. The number of hydrogen-bond acceptors (Lipinski definition) is 5. The summed E-state index contributed by atoms with van der Waals surface area (Å²) in [6.45, 7) is 5.21. The van der Waals surface area contributed by atoms with Crippen molar-refractivity contribution in [2.75, 3.05) is 24.7 Å². The Bertz CT molecular complexity index is 614. The number of anilines is 1. The minimum Gasteiger partial charge on any atom is -0.366 e. The van der Waals surface area contributed by atoms with E-state index in [2.05, 4.69) is 50.7 Å². The van der Waals surface area contributed by atoms with Crippen LogP contribution < -0.4 is 5.32 Å². The third-order valence-corrected chi connectivity index (χ3v) is 4.74. The van der Waals surface area contributed by atoms with Crippen molar-refractivity contribution in [3.05, 3.63) is 47.9 Å². The van der Waals surface area contributed by atoms with Crippen LogP contribution >= 0.6 is 11.8 Å². The fourth-order valence-corrected chi connectivity index (χ4v) is 3.23. The molecule has 1 N–H and O–H groups in total. The highest BCUT2D eigenvalue weighted by Gasteiger charge is 2.22. The van der Waals surface area contributed by atoms with Gasteiger partial charge >= 0.3 is 0 Å². The predicted molar refractivity (Wildman–Crippen MR) is 92.3 cm³/mol. The third-order valence-electron chi connectivity index (χ3n) is 3.99. The smallest absolute Gasteiger partial charge is 0.129 e. The largest absolute Gasteiger partial charge is 0.366 e. The lowest BCUT2D eigenvalue weighted by Crippen LogP contribution is -2.26. The van der Waals surface area contributed by atoms with Gasteiger partial charge in [0, 0.05) is 42.3 Å². The molecule has 0 radical (unpaired) electrons. The summed E-state index contributed by atoms with van der Waals surface area (Å²) >= 11 is 1.79. The van der Waals surface area contributed by atoms with Gasteiger partial charge in [0.1, 0.15) is 12.1 Å². The van der Waals surface area contributed by atoms with Crippen molar-refractivity contribution in [2.24, 2.45) is 0 Å². The molecular weight excluding hydrogens is 292 g/mol. The van der Waals surface area contributed by atoms with Gasteiger partial charge in [-0.1, -0.05) is 12.1 Å². The third kappa shape index (κ3) is 3.99. The average Bonchev–Trinajstić information content (AvgIpc) is 2.95. The van der Waals surface area contributed by atoms with E-state index in [0.29, 0.717) is 6.04 Å². The highest BCUT2D eigenvalue weighted by molar-refractivity contribution is 7.98. The molecule has 1 atom stereocenters. The van der Waals surface area contributed by atoms with Gasteiger partial charge in [0.2, 0.25) is 0 Å². The lowest BCUT2D eigenvalue weighted by Gasteiger charge is -2.17. The maximum absolute atomic E-state index is 4.29. The minimum atomic E-state index is 0.472. The molecule has 1 aliphatic rings. The van der Waals surface area contributed by atoms with Gasteiger partial charge in [0.05, 0.1) is 0 Å². The normalized spacial score (nSPS) is 18.5. The van der Waals surface area contributed by atoms with Gasteiger partial charge in [-0.05, 0) is 37.3 Å². The Morgan fingerprint density at radius 3 is 2.82 bits per heavy atom. The van der Waals surface area contributed by atoms with E-state index >= 15 is 0 Å². The second-order valence-corrected chi connectivity index (χ2v) is 6.64. The van der Waals surface area contributed by atoms with Crippen LogP contribution in [0.25, 0.3) is 0 Å². The maximum Gasteiger partial charge on any atom is 0.129 e. The van der Waals surface area contributed by atoms with Crippen molar-refractivity contribution in [3.8, 4) is 0 Å². The SMILES string of the molecule is CSc1ccc(CN2CCC(Nc3cc(C)ncn3)C2)cc1. The Morgan fingerprint density at radius 2 is 2.09 bits per heavy atom. The molecule has 22 heavy (non-hydrogen) atoms. The van der Waals surface area contributed by atoms with Crippen molar-refractivity contribution in [1.82, 2.24) is 14.9 Å². The van der Waals surface area contributed by atoms with Crippen LogP contribution in [0.1, 0.15) is 17.7 Å². The van der Waals surface area contributed by atoms with Crippen LogP contribution in [-0.2, 0) is 6.54 Å². The molecule has 1 saturated heterocycles. The van der Waals surface area contributed by atoms with E-state index in [0.717, 1.165) is 37.6 Å². The van der Waals surface area contributed by atoms with E-state index in [1.165, 1.54) is 10.5 Å². The first-order valence-corrected chi connectivity index (χ1v) is 8.86. The fraction of sp³-hybridized carbons (Fsp3) is 0.412. The molecule has 2 aromatic rings. The van der Waals surface area contributed by atoms with Crippen LogP contribution in [0, 0.1) is 6.92 Å². The predicted octanol–water partition coefficient (Wildman–Crippen LogP) is 3.19. The Morgan fingerprint density at radius 1 is 1.27 bits per heavy atom. The first-order chi connectivity index (χ1) is 10.7. The summed E-state index contributed by atoms with van der Waals surface area (Å²) in [4.78, 5) is 12.2. The van der Waals surface area contributed by atoms with Crippen molar-refractivity contribution in [1.29, 1.82) is 0 Å². The Hall–Kier alpha value is -1.59. The molecule has 1 aromatic heterocycles. The van der Waals surface area contributed by atoms with E-state index < -0.39 is 0 Å². The molecule has 0 bridgehead atoms. The first-order valence-electron chi connectivity index (χ1n) is 7.63. The Labute approximate surface area is 136 Å². The van der Waals surface area contributed by atoms with Crippen LogP contribution in [-0.4, -0.2) is 40.3 Å². The molecule has 2 heterocycles. The van der Waals surface area contributed by atoms with Crippen LogP contribution in [0.5, 0.6) is 0 Å². The summed E-state index contributed by atoms with van der Waals surface area (Å²) in [5.41, 5.74) is 2.39. The zero-order chi connectivity index (χ0) is 15.4. The number of nitrogens with one attached hydrogen (secondary N) is 1. The van der Waals surface area contributed by atoms with Crippen molar-refractivity contribution >= 4 is 17.6 Å². The number of likely N-dealkylation sites (tertiary alicyclic amines) is 1. The van der Waals surface area contributed by atoms with Crippen LogP contribution in [0.15, 0.2) is 41.6 Å². The topological polar surface area (TPSA) is 41.0 Å². The van der Waals surface area contributed by atoms with Crippen molar-refractivity contribution < 1.29 is 0 Å². The number of nitrogens with zero attached hydrogens (tertiary/aromatic N) is 3. The zero-order valence-electron chi connectivity index (χ0n) is 13.1. The van der Waals surface area contributed by atoms with Gasteiger partial charge in [-0.3, -0.25) is 4.90 Å². The van der Waals surface area contributed by atoms with Gasteiger partial charge in [-0.25, -0.2) is 9.97 Å². The van der Waals surface area contributed by atoms with Crippen LogP contribution in [0.2, 0.25) is 0 Å². The molecule has 5 heteroatoms. The van der Waals surface area contributed by atoms with E-state index in [1.54, 1.807) is 18.1 Å². The number of benzene rings is 1. The van der Waals surface area contributed by atoms with Gasteiger partial charge in [-0.2, -0.15) is 0 Å². The highest BCUT2D eigenvalue weighted by atomic mass is 32.2. The summed E-state index contributed by atoms with van der Waals surface area (Å²) in [7, 11) is 0. The second kappa shape index (κ2) is 7.11. The molecule has 4 nitrogen and oxygen atoms in total. The number of hydrogen-bond donors (Lipinski definition) is 1. The number of aryl methyl sites for hydroxylation is 1. The average molecular weight is 314 g/mol. The first kappa shape index (κ1) is 15.3. The Balaban J connectivity index is 1.53. The number of thioether (sulfide) groups is 1. The van der Waals surface area contributed by atoms with E-state index in [-0.39, 0.29) is 0 Å².